The molecule has 2 N–H and O–H groups in total. The van der Waals surface area contributed by atoms with Gasteiger partial charge in [-0.1, -0.05) is 13.0 Å². The van der Waals surface area contributed by atoms with E-state index in [9.17, 15) is 4.39 Å². The number of hydrogen-bond donors (Lipinski definition) is 1. The number of piperidine rings is 1. The van der Waals surface area contributed by atoms with Crippen LogP contribution in [0.2, 0.25) is 0 Å². The number of rotatable bonds is 2. The highest BCUT2D eigenvalue weighted by Gasteiger charge is 2.23. The summed E-state index contributed by atoms with van der Waals surface area (Å²) >= 11 is 0. The van der Waals surface area contributed by atoms with Crippen LogP contribution >= 0.6 is 0 Å². The maximum Gasteiger partial charge on any atom is 0.123 e. The standard InChI is InChI=1S/C14H21FN2/c1-10-5-6-17(9-14(10)16)8-12-3-4-13(15)7-11(12)2/h3-4,7,10,14H,5-6,8-9,16H2,1-2H3. The number of halogens is 1. The second-order valence-corrected chi connectivity index (χ2v) is 5.24. The number of benzene rings is 1. The average molecular weight is 236 g/mol. The Morgan fingerprint density at radius 3 is 2.88 bits per heavy atom. The third-order valence-corrected chi connectivity index (χ3v) is 3.80. The molecule has 2 atom stereocenters. The van der Waals surface area contributed by atoms with Crippen molar-refractivity contribution in [3.05, 3.63) is 35.1 Å². The van der Waals surface area contributed by atoms with Gasteiger partial charge in [0.15, 0.2) is 0 Å². The Labute approximate surface area is 103 Å². The molecule has 1 fully saturated rings. The fraction of sp³-hybridized carbons (Fsp3) is 0.571. The normalized spacial score (nSPS) is 26.1. The van der Waals surface area contributed by atoms with Crippen LogP contribution in [0.15, 0.2) is 18.2 Å². The molecule has 0 spiro atoms. The first-order chi connectivity index (χ1) is 8.06. The van der Waals surface area contributed by atoms with Crippen molar-refractivity contribution in [2.75, 3.05) is 13.1 Å². The van der Waals surface area contributed by atoms with E-state index in [1.807, 2.05) is 13.0 Å². The summed E-state index contributed by atoms with van der Waals surface area (Å²) in [6.07, 6.45) is 1.15. The van der Waals surface area contributed by atoms with Gasteiger partial charge in [0, 0.05) is 19.1 Å². The van der Waals surface area contributed by atoms with Crippen LogP contribution in [0.25, 0.3) is 0 Å². The lowest BCUT2D eigenvalue weighted by Gasteiger charge is -2.35. The first-order valence-corrected chi connectivity index (χ1v) is 6.29. The van der Waals surface area contributed by atoms with Crippen LogP contribution < -0.4 is 5.73 Å². The van der Waals surface area contributed by atoms with E-state index in [2.05, 4.69) is 11.8 Å². The number of aryl methyl sites for hydroxylation is 1. The molecule has 1 aromatic rings. The third-order valence-electron chi connectivity index (χ3n) is 3.80. The summed E-state index contributed by atoms with van der Waals surface area (Å²) in [5, 5.41) is 0. The molecule has 1 heterocycles. The van der Waals surface area contributed by atoms with E-state index in [1.54, 1.807) is 6.07 Å². The molecule has 0 saturated carbocycles. The molecule has 1 aliphatic heterocycles. The van der Waals surface area contributed by atoms with Crippen LogP contribution in [-0.2, 0) is 6.54 Å². The van der Waals surface area contributed by atoms with E-state index < -0.39 is 0 Å². The van der Waals surface area contributed by atoms with Gasteiger partial charge in [0.2, 0.25) is 0 Å². The van der Waals surface area contributed by atoms with Gasteiger partial charge in [0.05, 0.1) is 0 Å². The van der Waals surface area contributed by atoms with Crippen molar-refractivity contribution in [1.82, 2.24) is 4.90 Å². The van der Waals surface area contributed by atoms with Crippen molar-refractivity contribution in [1.29, 1.82) is 0 Å². The van der Waals surface area contributed by atoms with Crippen molar-refractivity contribution in [3.63, 3.8) is 0 Å². The molecular formula is C14H21FN2. The fourth-order valence-electron chi connectivity index (χ4n) is 2.39. The number of hydrogen-bond acceptors (Lipinski definition) is 2. The van der Waals surface area contributed by atoms with E-state index >= 15 is 0 Å². The molecule has 1 aromatic carbocycles. The lowest BCUT2D eigenvalue weighted by Crippen LogP contribution is -2.47. The Morgan fingerprint density at radius 2 is 2.24 bits per heavy atom. The Bertz CT molecular complexity index is 392. The maximum atomic E-state index is 13.0. The van der Waals surface area contributed by atoms with E-state index in [-0.39, 0.29) is 11.9 Å². The molecule has 2 unspecified atom stereocenters. The molecular weight excluding hydrogens is 215 g/mol. The van der Waals surface area contributed by atoms with E-state index in [1.165, 1.54) is 11.6 Å². The third kappa shape index (κ3) is 3.05. The molecule has 1 saturated heterocycles. The summed E-state index contributed by atoms with van der Waals surface area (Å²) in [5.74, 6) is 0.454. The largest absolute Gasteiger partial charge is 0.326 e. The van der Waals surface area contributed by atoms with Crippen LogP contribution in [0, 0.1) is 18.7 Å². The first-order valence-electron chi connectivity index (χ1n) is 6.29. The Morgan fingerprint density at radius 1 is 1.47 bits per heavy atom. The fourth-order valence-corrected chi connectivity index (χ4v) is 2.39. The SMILES string of the molecule is Cc1cc(F)ccc1CN1CCC(C)C(N)C1. The number of nitrogens with two attached hydrogens (primary N) is 1. The van der Waals surface area contributed by atoms with Gasteiger partial charge in [-0.2, -0.15) is 0 Å². The van der Waals surface area contributed by atoms with Crippen LogP contribution in [0.5, 0.6) is 0 Å². The lowest BCUT2D eigenvalue weighted by molar-refractivity contribution is 0.162. The minimum atomic E-state index is -0.157. The second-order valence-electron chi connectivity index (χ2n) is 5.24. The average Bonchev–Trinajstić information content (AvgIpc) is 2.27. The Balaban J connectivity index is 2.01. The minimum Gasteiger partial charge on any atom is -0.326 e. The number of likely N-dealkylation sites (tertiary alicyclic amines) is 1. The predicted octanol–water partition coefficient (Wildman–Crippen LogP) is 2.30. The number of nitrogens with zero attached hydrogens (tertiary/aromatic N) is 1. The van der Waals surface area contributed by atoms with Crippen LogP contribution in [0.4, 0.5) is 4.39 Å². The zero-order chi connectivity index (χ0) is 12.4. The molecule has 2 nitrogen and oxygen atoms in total. The van der Waals surface area contributed by atoms with Crippen LogP contribution in [0.1, 0.15) is 24.5 Å². The van der Waals surface area contributed by atoms with Gasteiger partial charge < -0.3 is 5.73 Å². The van der Waals surface area contributed by atoms with Crippen molar-refractivity contribution in [2.24, 2.45) is 11.7 Å². The van der Waals surface area contributed by atoms with Crippen molar-refractivity contribution in [2.45, 2.75) is 32.9 Å². The molecule has 3 heteroatoms. The smallest absolute Gasteiger partial charge is 0.123 e. The molecule has 0 aromatic heterocycles. The van der Waals surface area contributed by atoms with Gasteiger partial charge in [-0.05, 0) is 49.1 Å². The van der Waals surface area contributed by atoms with Crippen molar-refractivity contribution >= 4 is 0 Å². The zero-order valence-electron chi connectivity index (χ0n) is 10.6. The van der Waals surface area contributed by atoms with Crippen LogP contribution in [0.3, 0.4) is 0 Å². The lowest BCUT2D eigenvalue weighted by atomic mass is 9.94. The minimum absolute atomic E-state index is 0.157. The summed E-state index contributed by atoms with van der Waals surface area (Å²) in [7, 11) is 0. The quantitative estimate of drug-likeness (QED) is 0.853. The highest BCUT2D eigenvalue weighted by molar-refractivity contribution is 5.26. The monoisotopic (exact) mass is 236 g/mol. The molecule has 0 aliphatic carbocycles. The summed E-state index contributed by atoms with van der Waals surface area (Å²) in [6.45, 7) is 7.09. The highest BCUT2D eigenvalue weighted by Crippen LogP contribution is 2.19. The van der Waals surface area contributed by atoms with Gasteiger partial charge in [0.1, 0.15) is 5.82 Å². The molecule has 2 rings (SSSR count). The van der Waals surface area contributed by atoms with Crippen molar-refractivity contribution < 1.29 is 4.39 Å². The second kappa shape index (κ2) is 5.15. The molecule has 17 heavy (non-hydrogen) atoms. The Hall–Kier alpha value is -0.930. The molecule has 0 amide bonds. The molecule has 0 radical (unpaired) electrons. The van der Waals surface area contributed by atoms with Gasteiger partial charge in [-0.3, -0.25) is 4.90 Å². The molecule has 94 valence electrons. The maximum absolute atomic E-state index is 13.0. The molecule has 0 bridgehead atoms. The molecule has 1 aliphatic rings. The van der Waals surface area contributed by atoms with E-state index in [0.717, 1.165) is 31.6 Å². The van der Waals surface area contributed by atoms with Crippen molar-refractivity contribution in [3.8, 4) is 0 Å². The summed E-state index contributed by atoms with van der Waals surface area (Å²) in [6, 6.07) is 5.29. The predicted molar refractivity (Wildman–Crippen MR) is 68.2 cm³/mol. The highest BCUT2D eigenvalue weighted by atomic mass is 19.1. The topological polar surface area (TPSA) is 29.3 Å². The summed E-state index contributed by atoms with van der Waals surface area (Å²) in [4.78, 5) is 2.37. The van der Waals surface area contributed by atoms with Gasteiger partial charge in [0.25, 0.3) is 0 Å². The van der Waals surface area contributed by atoms with Gasteiger partial charge in [-0.25, -0.2) is 4.39 Å². The van der Waals surface area contributed by atoms with Gasteiger partial charge in [-0.15, -0.1) is 0 Å². The van der Waals surface area contributed by atoms with E-state index in [4.69, 9.17) is 5.73 Å². The Kier molecular flexibility index (Phi) is 3.79. The summed E-state index contributed by atoms with van der Waals surface area (Å²) < 4.78 is 13.0. The van der Waals surface area contributed by atoms with Gasteiger partial charge >= 0.3 is 0 Å². The van der Waals surface area contributed by atoms with E-state index in [0.29, 0.717) is 5.92 Å². The van der Waals surface area contributed by atoms with Crippen LogP contribution in [-0.4, -0.2) is 24.0 Å². The summed E-state index contributed by atoms with van der Waals surface area (Å²) in [5.41, 5.74) is 8.31. The zero-order valence-corrected chi connectivity index (χ0v) is 10.6. The first kappa shape index (κ1) is 12.5.